The number of hydrogen-bond donors (Lipinski definition) is 0. The summed E-state index contributed by atoms with van der Waals surface area (Å²) in [5.74, 6) is 1.15. The lowest BCUT2D eigenvalue weighted by atomic mass is 10.1. The Labute approximate surface area is 153 Å². The standard InChI is InChI=1S/C19H24N2O3S/c1-13(2)24-17-14(8-7-9-15(17)23-3)12-16-18(22)20-19(25-16)21-10-5-4-6-11-21/h7-9,12-13H,4-6,10-11H2,1-3H3. The average Bonchev–Trinajstić information content (AvgIpc) is 2.97. The van der Waals surface area contributed by atoms with Gasteiger partial charge in [0.2, 0.25) is 0 Å². The van der Waals surface area contributed by atoms with Crippen molar-refractivity contribution in [3.63, 3.8) is 0 Å². The number of carbonyl (C=O) groups excluding carboxylic acids is 1. The molecule has 134 valence electrons. The number of methoxy groups -OCH3 is 1. The SMILES string of the molecule is COc1cccc(C=C2SC(N3CCCCC3)=NC2=O)c1OC(C)C. The summed E-state index contributed by atoms with van der Waals surface area (Å²) < 4.78 is 11.3. The van der Waals surface area contributed by atoms with Crippen molar-refractivity contribution in [1.82, 2.24) is 4.90 Å². The number of ether oxygens (including phenoxy) is 2. The van der Waals surface area contributed by atoms with Crippen molar-refractivity contribution in [3.05, 3.63) is 28.7 Å². The van der Waals surface area contributed by atoms with E-state index in [9.17, 15) is 4.79 Å². The molecular formula is C19H24N2O3S. The number of para-hydroxylation sites is 1. The van der Waals surface area contributed by atoms with Crippen LogP contribution in [0.4, 0.5) is 0 Å². The molecule has 2 aliphatic heterocycles. The molecule has 0 spiro atoms. The summed E-state index contributed by atoms with van der Waals surface area (Å²) in [6.07, 6.45) is 5.45. The number of benzene rings is 1. The first kappa shape index (κ1) is 17.9. The van der Waals surface area contributed by atoms with Gasteiger partial charge in [0.05, 0.1) is 18.1 Å². The molecule has 0 atom stereocenters. The van der Waals surface area contributed by atoms with E-state index in [1.54, 1.807) is 7.11 Å². The van der Waals surface area contributed by atoms with Crippen LogP contribution < -0.4 is 9.47 Å². The summed E-state index contributed by atoms with van der Waals surface area (Å²) in [5, 5.41) is 0.824. The molecule has 0 aliphatic carbocycles. The van der Waals surface area contributed by atoms with Gasteiger partial charge in [-0.15, -0.1) is 0 Å². The predicted octanol–water partition coefficient (Wildman–Crippen LogP) is 3.94. The number of aliphatic imine (C=N–C) groups is 1. The van der Waals surface area contributed by atoms with E-state index in [4.69, 9.17) is 9.47 Å². The fraction of sp³-hybridized carbons (Fsp3) is 0.474. The van der Waals surface area contributed by atoms with E-state index in [-0.39, 0.29) is 12.0 Å². The Morgan fingerprint density at radius 2 is 2.00 bits per heavy atom. The van der Waals surface area contributed by atoms with Gasteiger partial charge in [-0.2, -0.15) is 4.99 Å². The molecule has 1 aromatic carbocycles. The van der Waals surface area contributed by atoms with E-state index < -0.39 is 0 Å². The zero-order chi connectivity index (χ0) is 17.8. The zero-order valence-electron chi connectivity index (χ0n) is 14.9. The van der Waals surface area contributed by atoms with Gasteiger partial charge in [-0.05, 0) is 57.0 Å². The first-order valence-corrected chi connectivity index (χ1v) is 9.51. The van der Waals surface area contributed by atoms with Crippen molar-refractivity contribution in [1.29, 1.82) is 0 Å². The second-order valence-corrected chi connectivity index (χ2v) is 7.41. The second-order valence-electron chi connectivity index (χ2n) is 6.40. The van der Waals surface area contributed by atoms with E-state index >= 15 is 0 Å². The third kappa shape index (κ3) is 4.18. The number of carbonyl (C=O) groups is 1. The fourth-order valence-corrected chi connectivity index (χ4v) is 3.88. The topological polar surface area (TPSA) is 51.1 Å². The molecule has 2 aliphatic rings. The Bertz CT molecular complexity index is 707. The highest BCUT2D eigenvalue weighted by molar-refractivity contribution is 8.18. The molecule has 5 nitrogen and oxygen atoms in total. The molecule has 25 heavy (non-hydrogen) atoms. The van der Waals surface area contributed by atoms with Crippen LogP contribution in [-0.2, 0) is 4.79 Å². The lowest BCUT2D eigenvalue weighted by molar-refractivity contribution is -0.113. The Morgan fingerprint density at radius 3 is 2.68 bits per heavy atom. The molecule has 3 rings (SSSR count). The van der Waals surface area contributed by atoms with Gasteiger partial charge in [0.1, 0.15) is 0 Å². The minimum absolute atomic E-state index is 0.0144. The Balaban J connectivity index is 1.85. The van der Waals surface area contributed by atoms with Gasteiger partial charge < -0.3 is 14.4 Å². The lowest BCUT2D eigenvalue weighted by Crippen LogP contribution is -2.33. The van der Waals surface area contributed by atoms with E-state index in [1.165, 1.54) is 18.2 Å². The Morgan fingerprint density at radius 1 is 1.24 bits per heavy atom. The van der Waals surface area contributed by atoms with E-state index in [1.807, 2.05) is 38.1 Å². The number of amidine groups is 1. The molecule has 1 fully saturated rings. The van der Waals surface area contributed by atoms with Crippen LogP contribution >= 0.6 is 11.8 Å². The number of nitrogens with zero attached hydrogens (tertiary/aromatic N) is 2. The molecule has 0 aromatic heterocycles. The molecule has 0 saturated carbocycles. The first-order valence-electron chi connectivity index (χ1n) is 8.69. The number of likely N-dealkylation sites (tertiary alicyclic amines) is 1. The Kier molecular flexibility index (Phi) is 5.68. The van der Waals surface area contributed by atoms with Crippen LogP contribution in [0.2, 0.25) is 0 Å². The summed E-state index contributed by atoms with van der Waals surface area (Å²) in [7, 11) is 1.62. The molecule has 0 N–H and O–H groups in total. The normalized spacial score (nSPS) is 19.5. The van der Waals surface area contributed by atoms with Crippen molar-refractivity contribution in [3.8, 4) is 11.5 Å². The lowest BCUT2D eigenvalue weighted by Gasteiger charge is -2.27. The number of hydrogen-bond acceptors (Lipinski definition) is 5. The summed E-state index contributed by atoms with van der Waals surface area (Å²) in [5.41, 5.74) is 0.832. The van der Waals surface area contributed by atoms with Gasteiger partial charge in [0.15, 0.2) is 16.7 Å². The maximum atomic E-state index is 12.3. The van der Waals surface area contributed by atoms with Crippen LogP contribution in [0.1, 0.15) is 38.7 Å². The van der Waals surface area contributed by atoms with Gasteiger partial charge in [-0.3, -0.25) is 4.79 Å². The van der Waals surface area contributed by atoms with Crippen molar-refractivity contribution in [2.24, 2.45) is 4.99 Å². The third-order valence-corrected chi connectivity index (χ3v) is 5.15. The van der Waals surface area contributed by atoms with Gasteiger partial charge >= 0.3 is 0 Å². The summed E-state index contributed by atoms with van der Waals surface area (Å²) in [6, 6.07) is 5.69. The molecule has 0 unspecified atom stereocenters. The van der Waals surface area contributed by atoms with Crippen LogP contribution in [0.5, 0.6) is 11.5 Å². The average molecular weight is 360 g/mol. The minimum Gasteiger partial charge on any atom is -0.493 e. The van der Waals surface area contributed by atoms with Crippen LogP contribution in [0, 0.1) is 0 Å². The second kappa shape index (κ2) is 7.95. The van der Waals surface area contributed by atoms with Gasteiger partial charge in [0.25, 0.3) is 5.91 Å². The molecule has 1 amide bonds. The molecule has 2 heterocycles. The molecule has 0 radical (unpaired) electrons. The first-order chi connectivity index (χ1) is 12.1. The van der Waals surface area contributed by atoms with Crippen molar-refractivity contribution < 1.29 is 14.3 Å². The van der Waals surface area contributed by atoms with E-state index in [0.717, 1.165) is 36.7 Å². The van der Waals surface area contributed by atoms with Crippen LogP contribution in [0.3, 0.4) is 0 Å². The molecule has 6 heteroatoms. The monoisotopic (exact) mass is 360 g/mol. The summed E-state index contributed by atoms with van der Waals surface area (Å²) in [6.45, 7) is 5.90. The summed E-state index contributed by atoms with van der Waals surface area (Å²) >= 11 is 1.45. The van der Waals surface area contributed by atoms with Gasteiger partial charge in [-0.25, -0.2) is 0 Å². The minimum atomic E-state index is -0.177. The smallest absolute Gasteiger partial charge is 0.286 e. The predicted molar refractivity (Wildman–Crippen MR) is 102 cm³/mol. The Hall–Kier alpha value is -1.95. The van der Waals surface area contributed by atoms with Crippen molar-refractivity contribution in [2.45, 2.75) is 39.2 Å². The number of amides is 1. The van der Waals surface area contributed by atoms with E-state index in [0.29, 0.717) is 16.4 Å². The van der Waals surface area contributed by atoms with Crippen LogP contribution in [0.15, 0.2) is 28.1 Å². The van der Waals surface area contributed by atoms with Crippen LogP contribution in [-0.4, -0.2) is 42.3 Å². The van der Waals surface area contributed by atoms with Crippen molar-refractivity contribution >= 4 is 28.9 Å². The largest absolute Gasteiger partial charge is 0.493 e. The number of piperidine rings is 1. The molecule has 1 aromatic rings. The highest BCUT2D eigenvalue weighted by Gasteiger charge is 2.27. The third-order valence-electron chi connectivity index (χ3n) is 4.11. The van der Waals surface area contributed by atoms with Crippen molar-refractivity contribution in [2.75, 3.05) is 20.2 Å². The summed E-state index contributed by atoms with van der Waals surface area (Å²) in [4.78, 5) is 19.4. The molecular weight excluding hydrogens is 336 g/mol. The zero-order valence-corrected chi connectivity index (χ0v) is 15.8. The van der Waals surface area contributed by atoms with Gasteiger partial charge in [-0.1, -0.05) is 12.1 Å². The van der Waals surface area contributed by atoms with E-state index in [2.05, 4.69) is 9.89 Å². The quantitative estimate of drug-likeness (QED) is 0.761. The van der Waals surface area contributed by atoms with Crippen LogP contribution in [0.25, 0.3) is 6.08 Å². The molecule has 0 bridgehead atoms. The molecule has 1 saturated heterocycles. The fourth-order valence-electron chi connectivity index (χ4n) is 2.93. The van der Waals surface area contributed by atoms with Gasteiger partial charge in [0, 0.05) is 18.7 Å². The maximum Gasteiger partial charge on any atom is 0.286 e. The highest BCUT2D eigenvalue weighted by atomic mass is 32.2. The number of rotatable bonds is 4. The number of thioether (sulfide) groups is 1. The maximum absolute atomic E-state index is 12.3. The highest BCUT2D eigenvalue weighted by Crippen LogP contribution is 2.37.